The molecule has 1 fully saturated rings. The maximum Gasteiger partial charge on any atom is 0.328 e. The predicted molar refractivity (Wildman–Crippen MR) is 141 cm³/mol. The number of esters is 2. The molecule has 1 amide bonds. The molecule has 0 aromatic carbocycles. The van der Waals surface area contributed by atoms with E-state index in [1.165, 1.54) is 57.8 Å². The fourth-order valence-corrected chi connectivity index (χ4v) is 4.90. The fourth-order valence-electron chi connectivity index (χ4n) is 4.90. The van der Waals surface area contributed by atoms with Crippen molar-refractivity contribution in [2.45, 2.75) is 155 Å². The van der Waals surface area contributed by atoms with Crippen LogP contribution in [0.25, 0.3) is 0 Å². The highest BCUT2D eigenvalue weighted by Crippen LogP contribution is 2.32. The van der Waals surface area contributed by atoms with Crippen LogP contribution in [0.2, 0.25) is 0 Å². The number of hydrogen-bond acceptors (Lipinski definition) is 5. The third kappa shape index (κ3) is 13.9. The summed E-state index contributed by atoms with van der Waals surface area (Å²) in [5, 5.41) is 2.62. The van der Waals surface area contributed by atoms with Crippen molar-refractivity contribution in [1.29, 1.82) is 0 Å². The van der Waals surface area contributed by atoms with Crippen LogP contribution in [0.1, 0.15) is 137 Å². The van der Waals surface area contributed by atoms with E-state index in [0.717, 1.165) is 38.5 Å². The minimum Gasteiger partial charge on any atom is -0.461 e. The molecule has 1 aliphatic rings. The van der Waals surface area contributed by atoms with E-state index in [0.29, 0.717) is 19.3 Å². The van der Waals surface area contributed by atoms with Gasteiger partial charge in [0.1, 0.15) is 18.2 Å². The maximum atomic E-state index is 12.9. The van der Waals surface area contributed by atoms with Crippen molar-refractivity contribution in [2.24, 2.45) is 11.8 Å². The first-order valence-electron chi connectivity index (χ1n) is 14.5. The van der Waals surface area contributed by atoms with E-state index in [-0.39, 0.29) is 36.0 Å². The first-order chi connectivity index (χ1) is 16.9. The van der Waals surface area contributed by atoms with Crippen LogP contribution in [0.3, 0.4) is 0 Å². The van der Waals surface area contributed by atoms with Gasteiger partial charge in [-0.2, -0.15) is 0 Å². The standard InChI is InChI=1S/C29H53NO5/c1-5-7-9-11-12-13-14-15-16-18-24(34-29(33)26(30-22-31)20-23(3)4)21-27-25(28(32)35-27)19-17-10-8-6-2/h22-27H,5-21H2,1-4H3,(H,30,31)/t24-,25-,26+,27+/m1/s1. The third-order valence-corrected chi connectivity index (χ3v) is 7.06. The van der Waals surface area contributed by atoms with E-state index in [9.17, 15) is 14.4 Å². The molecule has 1 saturated heterocycles. The van der Waals surface area contributed by atoms with Crippen molar-refractivity contribution >= 4 is 18.3 Å². The lowest BCUT2D eigenvalue weighted by Crippen LogP contribution is -2.48. The molecule has 6 heteroatoms. The van der Waals surface area contributed by atoms with E-state index in [1.54, 1.807) is 0 Å². The van der Waals surface area contributed by atoms with Crippen molar-refractivity contribution in [3.05, 3.63) is 0 Å². The summed E-state index contributed by atoms with van der Waals surface area (Å²) in [6, 6.07) is -0.632. The Bertz CT molecular complexity index is 579. The minimum atomic E-state index is -0.632. The van der Waals surface area contributed by atoms with Gasteiger partial charge in [0.05, 0.1) is 5.92 Å². The number of rotatable bonds is 23. The molecule has 6 nitrogen and oxygen atoms in total. The molecule has 0 spiro atoms. The van der Waals surface area contributed by atoms with Gasteiger partial charge in [-0.3, -0.25) is 9.59 Å². The number of amides is 1. The van der Waals surface area contributed by atoms with Crippen LogP contribution in [0, 0.1) is 11.8 Å². The van der Waals surface area contributed by atoms with Crippen LogP contribution in [-0.2, 0) is 23.9 Å². The first kappa shape index (κ1) is 31.4. The molecule has 1 rings (SSSR count). The molecule has 0 aromatic heterocycles. The number of unbranched alkanes of at least 4 members (excludes halogenated alkanes) is 11. The van der Waals surface area contributed by atoms with Crippen LogP contribution < -0.4 is 5.32 Å². The fraction of sp³-hybridized carbons (Fsp3) is 0.897. The van der Waals surface area contributed by atoms with Crippen molar-refractivity contribution in [1.82, 2.24) is 5.32 Å². The third-order valence-electron chi connectivity index (χ3n) is 7.06. The molecule has 0 aromatic rings. The van der Waals surface area contributed by atoms with Crippen LogP contribution in [0.4, 0.5) is 0 Å². The summed E-state index contributed by atoms with van der Waals surface area (Å²) in [5.74, 6) is -0.302. The highest BCUT2D eigenvalue weighted by Gasteiger charge is 2.43. The van der Waals surface area contributed by atoms with E-state index in [1.807, 2.05) is 13.8 Å². The summed E-state index contributed by atoms with van der Waals surface area (Å²) in [6.45, 7) is 8.45. The van der Waals surface area contributed by atoms with Gasteiger partial charge in [-0.25, -0.2) is 4.79 Å². The summed E-state index contributed by atoms with van der Waals surface area (Å²) in [5.41, 5.74) is 0. The Kier molecular flexibility index (Phi) is 17.6. The van der Waals surface area contributed by atoms with E-state index < -0.39 is 6.04 Å². The van der Waals surface area contributed by atoms with E-state index in [2.05, 4.69) is 19.2 Å². The molecule has 4 atom stereocenters. The highest BCUT2D eigenvalue weighted by molar-refractivity contribution is 5.79. The molecular weight excluding hydrogens is 442 g/mol. The lowest BCUT2D eigenvalue weighted by atomic mass is 9.86. The van der Waals surface area contributed by atoms with Gasteiger partial charge in [-0.05, 0) is 31.6 Å². The predicted octanol–water partition coefficient (Wildman–Crippen LogP) is 6.88. The molecule has 0 unspecified atom stereocenters. The molecule has 204 valence electrons. The van der Waals surface area contributed by atoms with Crippen molar-refractivity contribution < 1.29 is 23.9 Å². The zero-order chi connectivity index (χ0) is 25.9. The summed E-state index contributed by atoms with van der Waals surface area (Å²) >= 11 is 0. The smallest absolute Gasteiger partial charge is 0.328 e. The number of cyclic esters (lactones) is 1. The van der Waals surface area contributed by atoms with Crippen LogP contribution in [0.5, 0.6) is 0 Å². The van der Waals surface area contributed by atoms with Gasteiger partial charge in [0.15, 0.2) is 0 Å². The molecule has 0 bridgehead atoms. The molecule has 0 saturated carbocycles. The second kappa shape index (κ2) is 19.6. The van der Waals surface area contributed by atoms with Gasteiger partial charge < -0.3 is 14.8 Å². The molecule has 1 aliphatic heterocycles. The Morgan fingerprint density at radius 3 is 2.06 bits per heavy atom. The van der Waals surface area contributed by atoms with Gasteiger partial charge in [-0.15, -0.1) is 0 Å². The zero-order valence-electron chi connectivity index (χ0n) is 23.0. The Labute approximate surface area is 214 Å². The van der Waals surface area contributed by atoms with Crippen molar-refractivity contribution in [2.75, 3.05) is 0 Å². The quantitative estimate of drug-likeness (QED) is 0.0949. The van der Waals surface area contributed by atoms with Crippen LogP contribution in [-0.4, -0.2) is 36.6 Å². The molecule has 0 radical (unpaired) electrons. The van der Waals surface area contributed by atoms with E-state index in [4.69, 9.17) is 9.47 Å². The maximum absolute atomic E-state index is 12.9. The van der Waals surface area contributed by atoms with Crippen molar-refractivity contribution in [3.8, 4) is 0 Å². The Morgan fingerprint density at radius 1 is 0.943 bits per heavy atom. The summed E-state index contributed by atoms with van der Waals surface area (Å²) in [4.78, 5) is 36.0. The van der Waals surface area contributed by atoms with Crippen LogP contribution in [0.15, 0.2) is 0 Å². The molecule has 1 heterocycles. The molecule has 0 aliphatic carbocycles. The van der Waals surface area contributed by atoms with Gasteiger partial charge in [0.2, 0.25) is 6.41 Å². The first-order valence-corrected chi connectivity index (χ1v) is 14.5. The molecular formula is C29H53NO5. The molecule has 1 N–H and O–H groups in total. The van der Waals surface area contributed by atoms with Gasteiger partial charge in [-0.1, -0.05) is 105 Å². The number of nitrogens with one attached hydrogen (secondary N) is 1. The summed E-state index contributed by atoms with van der Waals surface area (Å²) < 4.78 is 11.4. The Balaban J connectivity index is 2.58. The number of ether oxygens (including phenoxy) is 2. The number of carbonyl (C=O) groups is 3. The monoisotopic (exact) mass is 495 g/mol. The Hall–Kier alpha value is -1.59. The lowest BCUT2D eigenvalue weighted by molar-refractivity contribution is -0.190. The Morgan fingerprint density at radius 2 is 1.51 bits per heavy atom. The molecule has 35 heavy (non-hydrogen) atoms. The van der Waals surface area contributed by atoms with Gasteiger partial charge in [0, 0.05) is 6.42 Å². The van der Waals surface area contributed by atoms with Crippen LogP contribution >= 0.6 is 0 Å². The van der Waals surface area contributed by atoms with Crippen molar-refractivity contribution in [3.63, 3.8) is 0 Å². The van der Waals surface area contributed by atoms with E-state index >= 15 is 0 Å². The summed E-state index contributed by atoms with van der Waals surface area (Å²) in [6.07, 6.45) is 18.5. The second-order valence-electron chi connectivity index (χ2n) is 10.8. The average molecular weight is 496 g/mol. The number of hydrogen-bond donors (Lipinski definition) is 1. The second-order valence-corrected chi connectivity index (χ2v) is 10.8. The average Bonchev–Trinajstić information content (AvgIpc) is 2.81. The number of carbonyl (C=O) groups excluding carboxylic acids is 3. The lowest BCUT2D eigenvalue weighted by Gasteiger charge is -2.37. The zero-order valence-corrected chi connectivity index (χ0v) is 23.0. The highest BCUT2D eigenvalue weighted by atomic mass is 16.6. The largest absolute Gasteiger partial charge is 0.461 e. The normalized spacial score (nSPS) is 19.1. The summed E-state index contributed by atoms with van der Waals surface area (Å²) in [7, 11) is 0. The topological polar surface area (TPSA) is 81.7 Å². The SMILES string of the molecule is CCCCCCCCCCC[C@H](C[C@@H]1OC(=O)[C@@H]1CCCCCC)OC(=O)[C@H](CC(C)C)NC=O. The van der Waals surface area contributed by atoms with Gasteiger partial charge >= 0.3 is 11.9 Å². The van der Waals surface area contributed by atoms with Gasteiger partial charge in [0.25, 0.3) is 0 Å². The minimum absolute atomic E-state index is 0.0734.